The fourth-order valence-corrected chi connectivity index (χ4v) is 2.92. The minimum atomic E-state index is -4.80. The van der Waals surface area contributed by atoms with Crippen LogP contribution in [0.5, 0.6) is 0 Å². The molecule has 1 amide bonds. The first-order valence-electron chi connectivity index (χ1n) is 7.65. The quantitative estimate of drug-likeness (QED) is 0.866. The molecule has 1 fully saturated rings. The van der Waals surface area contributed by atoms with E-state index in [1.807, 2.05) is 0 Å². The van der Waals surface area contributed by atoms with Crippen molar-refractivity contribution in [2.45, 2.75) is 25.1 Å². The number of pyridine rings is 1. The average Bonchev–Trinajstić information content (AvgIpc) is 3.01. The molecule has 2 N–H and O–H groups in total. The average molecular weight is 374 g/mol. The fraction of sp³-hybridized carbons (Fsp3) is 0.400. The summed E-state index contributed by atoms with van der Waals surface area (Å²) in [6.07, 6.45) is -1.05. The van der Waals surface area contributed by atoms with Gasteiger partial charge in [0.1, 0.15) is 0 Å². The Kier molecular flexibility index (Phi) is 4.96. The van der Waals surface area contributed by atoms with E-state index in [-0.39, 0.29) is 16.9 Å². The lowest BCUT2D eigenvalue weighted by Crippen LogP contribution is -2.45. The van der Waals surface area contributed by atoms with Crippen LogP contribution in [0.1, 0.15) is 28.9 Å². The molecule has 0 aliphatic carbocycles. The molecule has 134 valence electrons. The third-order valence-electron chi connectivity index (χ3n) is 3.85. The van der Waals surface area contributed by atoms with Gasteiger partial charge in [0.05, 0.1) is 16.8 Å². The molecule has 0 unspecified atom stereocenters. The monoisotopic (exact) mass is 373 g/mol. The summed E-state index contributed by atoms with van der Waals surface area (Å²) in [5.41, 5.74) is -1.76. The predicted molar refractivity (Wildman–Crippen MR) is 84.7 cm³/mol. The SMILES string of the molecule is O=C(N[C@H]1CCCNC1)c1cnn(-c2ncccc2Cl)c1C(F)(F)F. The number of alkyl halides is 3. The second kappa shape index (κ2) is 7.01. The number of nitrogens with zero attached hydrogens (tertiary/aromatic N) is 3. The Morgan fingerprint density at radius 1 is 1.44 bits per heavy atom. The smallest absolute Gasteiger partial charge is 0.348 e. The van der Waals surface area contributed by atoms with Crippen LogP contribution in [-0.2, 0) is 6.18 Å². The van der Waals surface area contributed by atoms with Crippen LogP contribution >= 0.6 is 11.6 Å². The molecular weight excluding hydrogens is 359 g/mol. The van der Waals surface area contributed by atoms with Crippen molar-refractivity contribution < 1.29 is 18.0 Å². The molecule has 0 radical (unpaired) electrons. The largest absolute Gasteiger partial charge is 0.434 e. The summed E-state index contributed by atoms with van der Waals surface area (Å²) in [5, 5.41) is 9.41. The lowest BCUT2D eigenvalue weighted by atomic mass is 10.1. The lowest BCUT2D eigenvalue weighted by Gasteiger charge is -2.23. The van der Waals surface area contributed by atoms with Crippen LogP contribution in [0.3, 0.4) is 0 Å². The van der Waals surface area contributed by atoms with Crippen molar-refractivity contribution in [2.24, 2.45) is 0 Å². The van der Waals surface area contributed by atoms with E-state index < -0.39 is 23.3 Å². The van der Waals surface area contributed by atoms with Gasteiger partial charge in [-0.05, 0) is 31.5 Å². The first-order chi connectivity index (χ1) is 11.9. The molecule has 0 spiro atoms. The number of nitrogens with one attached hydrogen (secondary N) is 2. The maximum atomic E-state index is 13.6. The molecule has 3 heterocycles. The standard InChI is InChI=1S/C15H15ClF3N5O/c16-11-4-2-6-21-13(11)24-12(15(17,18)19)10(8-22-24)14(25)23-9-3-1-5-20-7-9/h2,4,6,8-9,20H,1,3,5,7H2,(H,23,25)/t9-/m0/s1. The molecular formula is C15H15ClF3N5O. The second-order valence-corrected chi connectivity index (χ2v) is 6.05. The molecule has 25 heavy (non-hydrogen) atoms. The van der Waals surface area contributed by atoms with E-state index in [9.17, 15) is 18.0 Å². The number of aromatic nitrogens is 3. The Morgan fingerprint density at radius 2 is 2.24 bits per heavy atom. The van der Waals surface area contributed by atoms with E-state index >= 15 is 0 Å². The highest BCUT2D eigenvalue weighted by molar-refractivity contribution is 6.32. The molecule has 0 aromatic carbocycles. The zero-order chi connectivity index (χ0) is 18.0. The summed E-state index contributed by atoms with van der Waals surface area (Å²) in [6, 6.07) is 2.68. The predicted octanol–water partition coefficient (Wildman–Crippen LogP) is 2.42. The minimum absolute atomic E-state index is 0.000427. The summed E-state index contributed by atoms with van der Waals surface area (Å²) in [7, 11) is 0. The third kappa shape index (κ3) is 3.77. The van der Waals surface area contributed by atoms with Crippen LogP contribution in [-0.4, -0.2) is 39.8 Å². The van der Waals surface area contributed by atoms with Gasteiger partial charge >= 0.3 is 6.18 Å². The van der Waals surface area contributed by atoms with Gasteiger partial charge in [-0.1, -0.05) is 11.6 Å². The van der Waals surface area contributed by atoms with Gasteiger partial charge in [0.2, 0.25) is 0 Å². The number of amides is 1. The van der Waals surface area contributed by atoms with Crippen molar-refractivity contribution in [1.29, 1.82) is 0 Å². The number of hydrogen-bond acceptors (Lipinski definition) is 4. The maximum absolute atomic E-state index is 13.6. The fourth-order valence-electron chi connectivity index (χ4n) is 2.72. The Labute approximate surface area is 146 Å². The summed E-state index contributed by atoms with van der Waals surface area (Å²) < 4.78 is 41.3. The van der Waals surface area contributed by atoms with E-state index in [0.29, 0.717) is 17.6 Å². The molecule has 0 bridgehead atoms. The Bertz CT molecular complexity index is 771. The topological polar surface area (TPSA) is 71.8 Å². The summed E-state index contributed by atoms with van der Waals surface area (Å²) in [5.74, 6) is -1.01. The van der Waals surface area contributed by atoms with Crippen molar-refractivity contribution in [3.8, 4) is 5.82 Å². The number of rotatable bonds is 3. The summed E-state index contributed by atoms with van der Waals surface area (Å²) >= 11 is 5.93. The second-order valence-electron chi connectivity index (χ2n) is 5.64. The van der Waals surface area contributed by atoms with Crippen LogP contribution in [0.2, 0.25) is 5.02 Å². The molecule has 6 nitrogen and oxygen atoms in total. The molecule has 1 atom stereocenters. The van der Waals surface area contributed by atoms with Gasteiger partial charge in [0, 0.05) is 18.8 Å². The normalized spacial score (nSPS) is 18.2. The number of carbonyl (C=O) groups excluding carboxylic acids is 1. The highest BCUT2D eigenvalue weighted by atomic mass is 35.5. The van der Waals surface area contributed by atoms with Crippen molar-refractivity contribution >= 4 is 17.5 Å². The van der Waals surface area contributed by atoms with Gasteiger partial charge in [-0.25, -0.2) is 9.67 Å². The number of carbonyl (C=O) groups is 1. The van der Waals surface area contributed by atoms with Crippen LogP contribution in [0.15, 0.2) is 24.5 Å². The van der Waals surface area contributed by atoms with Crippen molar-refractivity contribution in [3.05, 3.63) is 40.8 Å². The number of piperidine rings is 1. The first-order valence-corrected chi connectivity index (χ1v) is 8.03. The maximum Gasteiger partial charge on any atom is 0.434 e. The van der Waals surface area contributed by atoms with Gasteiger partial charge in [-0.15, -0.1) is 0 Å². The van der Waals surface area contributed by atoms with Gasteiger partial charge in [0.15, 0.2) is 11.5 Å². The minimum Gasteiger partial charge on any atom is -0.348 e. The van der Waals surface area contributed by atoms with Crippen LogP contribution < -0.4 is 10.6 Å². The number of halogens is 4. The Morgan fingerprint density at radius 3 is 2.88 bits per heavy atom. The Balaban J connectivity index is 1.97. The van der Waals surface area contributed by atoms with Crippen molar-refractivity contribution in [3.63, 3.8) is 0 Å². The van der Waals surface area contributed by atoms with Crippen LogP contribution in [0.25, 0.3) is 5.82 Å². The van der Waals surface area contributed by atoms with Gasteiger partial charge < -0.3 is 10.6 Å². The highest BCUT2D eigenvalue weighted by Gasteiger charge is 2.41. The molecule has 3 rings (SSSR count). The molecule has 1 saturated heterocycles. The van der Waals surface area contributed by atoms with E-state index in [2.05, 4.69) is 20.7 Å². The zero-order valence-corrected chi connectivity index (χ0v) is 13.7. The van der Waals surface area contributed by atoms with Crippen molar-refractivity contribution in [2.75, 3.05) is 13.1 Å². The van der Waals surface area contributed by atoms with E-state index in [0.717, 1.165) is 19.2 Å². The van der Waals surface area contributed by atoms with Crippen LogP contribution in [0.4, 0.5) is 13.2 Å². The molecule has 2 aromatic rings. The number of hydrogen-bond donors (Lipinski definition) is 2. The lowest BCUT2D eigenvalue weighted by molar-refractivity contribution is -0.143. The summed E-state index contributed by atoms with van der Waals surface area (Å²) in [4.78, 5) is 16.2. The van der Waals surface area contributed by atoms with Gasteiger partial charge in [0.25, 0.3) is 5.91 Å². The molecule has 1 aliphatic rings. The molecule has 0 saturated carbocycles. The van der Waals surface area contributed by atoms with E-state index in [4.69, 9.17) is 11.6 Å². The van der Waals surface area contributed by atoms with Crippen LogP contribution in [0, 0.1) is 0 Å². The molecule has 10 heteroatoms. The van der Waals surface area contributed by atoms with Gasteiger partial charge in [-0.3, -0.25) is 4.79 Å². The van der Waals surface area contributed by atoms with E-state index in [1.165, 1.54) is 18.3 Å². The van der Waals surface area contributed by atoms with Gasteiger partial charge in [-0.2, -0.15) is 18.3 Å². The van der Waals surface area contributed by atoms with Crippen molar-refractivity contribution in [1.82, 2.24) is 25.4 Å². The third-order valence-corrected chi connectivity index (χ3v) is 4.15. The van der Waals surface area contributed by atoms with E-state index in [1.54, 1.807) is 0 Å². The first kappa shape index (κ1) is 17.7. The summed E-state index contributed by atoms with van der Waals surface area (Å²) in [6.45, 7) is 1.35. The Hall–Kier alpha value is -2.13. The zero-order valence-electron chi connectivity index (χ0n) is 13.0. The highest BCUT2D eigenvalue weighted by Crippen LogP contribution is 2.34. The molecule has 2 aromatic heterocycles. The molecule has 1 aliphatic heterocycles.